The van der Waals surface area contributed by atoms with Crippen molar-refractivity contribution in [2.45, 2.75) is 26.0 Å². The Labute approximate surface area is 156 Å². The van der Waals surface area contributed by atoms with Crippen LogP contribution in [0, 0.1) is 18.3 Å². The van der Waals surface area contributed by atoms with Gasteiger partial charge >= 0.3 is 0 Å². The molecule has 6 nitrogen and oxygen atoms in total. The summed E-state index contributed by atoms with van der Waals surface area (Å²) in [6.45, 7) is 3.43. The molecule has 132 valence electrons. The Bertz CT molecular complexity index is 948. The molecule has 0 fully saturated rings. The highest BCUT2D eigenvalue weighted by atomic mass is 35.5. The standard InChI is InChI=1S/C19H17ClN4O2/c1-11-15(9-8-14(10-21)16(11)20)22-17(12(2)25)19-23-18(24-26-19)13-6-4-3-5-7-13/h3-9,12,17,22,25H,1-2H3. The van der Waals surface area contributed by atoms with Crippen molar-refractivity contribution in [1.82, 2.24) is 10.1 Å². The second kappa shape index (κ2) is 7.56. The first kappa shape index (κ1) is 17.9. The van der Waals surface area contributed by atoms with Crippen LogP contribution in [0.2, 0.25) is 5.02 Å². The summed E-state index contributed by atoms with van der Waals surface area (Å²) < 4.78 is 5.36. The Morgan fingerprint density at radius 3 is 2.62 bits per heavy atom. The molecule has 0 spiro atoms. The molecular weight excluding hydrogens is 352 g/mol. The zero-order chi connectivity index (χ0) is 18.7. The van der Waals surface area contributed by atoms with Crippen LogP contribution in [0.5, 0.6) is 0 Å². The number of aromatic nitrogens is 2. The summed E-state index contributed by atoms with van der Waals surface area (Å²) in [6.07, 6.45) is -0.798. The Morgan fingerprint density at radius 2 is 1.96 bits per heavy atom. The zero-order valence-corrected chi connectivity index (χ0v) is 15.0. The summed E-state index contributed by atoms with van der Waals surface area (Å²) in [7, 11) is 0. The van der Waals surface area contributed by atoms with Crippen molar-refractivity contribution in [1.29, 1.82) is 5.26 Å². The van der Waals surface area contributed by atoms with Gasteiger partial charge in [-0.1, -0.05) is 47.1 Å². The normalized spacial score (nSPS) is 13.0. The first-order chi connectivity index (χ1) is 12.5. The average Bonchev–Trinajstić information content (AvgIpc) is 3.13. The van der Waals surface area contributed by atoms with Gasteiger partial charge < -0.3 is 14.9 Å². The van der Waals surface area contributed by atoms with E-state index in [0.29, 0.717) is 27.7 Å². The lowest BCUT2D eigenvalue weighted by Crippen LogP contribution is -2.23. The minimum atomic E-state index is -0.798. The van der Waals surface area contributed by atoms with Crippen LogP contribution >= 0.6 is 11.6 Å². The molecule has 2 atom stereocenters. The SMILES string of the molecule is Cc1c(NC(c2nc(-c3ccccc3)no2)C(C)O)ccc(C#N)c1Cl. The molecular formula is C19H17ClN4O2. The lowest BCUT2D eigenvalue weighted by Gasteiger charge is -2.20. The number of aliphatic hydroxyl groups is 1. The van der Waals surface area contributed by atoms with Crippen molar-refractivity contribution in [2.75, 3.05) is 5.32 Å². The lowest BCUT2D eigenvalue weighted by atomic mass is 10.1. The molecule has 3 aromatic rings. The van der Waals surface area contributed by atoms with Gasteiger partial charge in [-0.15, -0.1) is 0 Å². The number of nitrogens with one attached hydrogen (secondary N) is 1. The van der Waals surface area contributed by atoms with E-state index in [1.54, 1.807) is 26.0 Å². The van der Waals surface area contributed by atoms with Gasteiger partial charge in [0, 0.05) is 11.3 Å². The maximum absolute atomic E-state index is 10.2. The van der Waals surface area contributed by atoms with E-state index in [0.717, 1.165) is 5.56 Å². The average molecular weight is 369 g/mol. The quantitative estimate of drug-likeness (QED) is 0.703. The molecule has 2 aromatic carbocycles. The summed E-state index contributed by atoms with van der Waals surface area (Å²) in [6, 6.07) is 14.2. The molecule has 0 aliphatic carbocycles. The number of hydrogen-bond acceptors (Lipinski definition) is 6. The molecule has 2 N–H and O–H groups in total. The van der Waals surface area contributed by atoms with E-state index in [1.807, 2.05) is 36.4 Å². The van der Waals surface area contributed by atoms with Crippen molar-refractivity contribution in [3.05, 3.63) is 64.5 Å². The fraction of sp³-hybridized carbons (Fsp3) is 0.211. The molecule has 0 saturated carbocycles. The molecule has 3 rings (SSSR count). The van der Waals surface area contributed by atoms with Gasteiger partial charge in [-0.2, -0.15) is 10.2 Å². The smallest absolute Gasteiger partial charge is 0.252 e. The maximum atomic E-state index is 10.2. The second-order valence-corrected chi connectivity index (χ2v) is 6.27. The van der Waals surface area contributed by atoms with E-state index in [4.69, 9.17) is 21.4 Å². The summed E-state index contributed by atoms with van der Waals surface area (Å²) >= 11 is 6.22. The van der Waals surface area contributed by atoms with Crippen LogP contribution in [0.25, 0.3) is 11.4 Å². The number of nitrogens with zero attached hydrogens (tertiary/aromatic N) is 3. The van der Waals surface area contributed by atoms with Crippen molar-refractivity contribution in [3.63, 3.8) is 0 Å². The molecule has 1 heterocycles. The van der Waals surface area contributed by atoms with Gasteiger partial charge in [0.2, 0.25) is 5.82 Å². The predicted octanol–water partition coefficient (Wildman–Crippen LogP) is 4.10. The predicted molar refractivity (Wildman–Crippen MR) is 98.7 cm³/mol. The Balaban J connectivity index is 1.91. The zero-order valence-electron chi connectivity index (χ0n) is 14.3. The third-order valence-electron chi connectivity index (χ3n) is 4.04. The van der Waals surface area contributed by atoms with Crippen LogP contribution in [-0.4, -0.2) is 21.4 Å². The minimum Gasteiger partial charge on any atom is -0.391 e. The lowest BCUT2D eigenvalue weighted by molar-refractivity contribution is 0.155. The van der Waals surface area contributed by atoms with Gasteiger partial charge in [0.25, 0.3) is 5.89 Å². The first-order valence-electron chi connectivity index (χ1n) is 8.04. The summed E-state index contributed by atoms with van der Waals surface area (Å²) in [5.74, 6) is 0.710. The van der Waals surface area contributed by atoms with Crippen molar-refractivity contribution < 1.29 is 9.63 Å². The van der Waals surface area contributed by atoms with Gasteiger partial charge in [0.05, 0.1) is 16.7 Å². The van der Waals surface area contributed by atoms with E-state index < -0.39 is 12.1 Å². The highest BCUT2D eigenvalue weighted by Gasteiger charge is 2.25. The highest BCUT2D eigenvalue weighted by molar-refractivity contribution is 6.32. The van der Waals surface area contributed by atoms with Gasteiger partial charge in [-0.25, -0.2) is 0 Å². The number of anilines is 1. The summed E-state index contributed by atoms with van der Waals surface area (Å²) in [4.78, 5) is 4.40. The first-order valence-corrected chi connectivity index (χ1v) is 8.42. The summed E-state index contributed by atoms with van der Waals surface area (Å²) in [5, 5.41) is 26.8. The number of aliphatic hydroxyl groups excluding tert-OH is 1. The third-order valence-corrected chi connectivity index (χ3v) is 4.53. The molecule has 0 bridgehead atoms. The highest BCUT2D eigenvalue weighted by Crippen LogP contribution is 2.31. The van der Waals surface area contributed by atoms with Crippen LogP contribution < -0.4 is 5.32 Å². The Morgan fingerprint density at radius 1 is 1.23 bits per heavy atom. The minimum absolute atomic E-state index is 0.263. The molecule has 0 aliphatic heterocycles. The molecule has 0 radical (unpaired) electrons. The number of rotatable bonds is 5. The topological polar surface area (TPSA) is 95.0 Å². The van der Waals surface area contributed by atoms with E-state index >= 15 is 0 Å². The van der Waals surface area contributed by atoms with Crippen LogP contribution in [0.3, 0.4) is 0 Å². The Hall–Kier alpha value is -2.88. The third kappa shape index (κ3) is 3.54. The molecule has 0 aliphatic rings. The Kier molecular flexibility index (Phi) is 5.21. The molecule has 7 heteroatoms. The van der Waals surface area contributed by atoms with Crippen LogP contribution in [0.1, 0.15) is 30.0 Å². The van der Waals surface area contributed by atoms with E-state index in [2.05, 4.69) is 15.5 Å². The number of hydrogen-bond donors (Lipinski definition) is 2. The summed E-state index contributed by atoms with van der Waals surface area (Å²) in [5.41, 5.74) is 2.61. The monoisotopic (exact) mass is 368 g/mol. The van der Waals surface area contributed by atoms with Crippen molar-refractivity contribution in [3.8, 4) is 17.5 Å². The maximum Gasteiger partial charge on any atom is 0.252 e. The van der Waals surface area contributed by atoms with Crippen LogP contribution in [-0.2, 0) is 0 Å². The number of nitriles is 1. The van der Waals surface area contributed by atoms with Crippen LogP contribution in [0.15, 0.2) is 47.0 Å². The largest absolute Gasteiger partial charge is 0.391 e. The molecule has 1 aromatic heterocycles. The van der Waals surface area contributed by atoms with Crippen molar-refractivity contribution >= 4 is 17.3 Å². The van der Waals surface area contributed by atoms with E-state index in [1.165, 1.54) is 0 Å². The van der Waals surface area contributed by atoms with Crippen LogP contribution in [0.4, 0.5) is 5.69 Å². The van der Waals surface area contributed by atoms with Gasteiger partial charge in [-0.05, 0) is 31.5 Å². The van der Waals surface area contributed by atoms with Gasteiger partial charge in [0.15, 0.2) is 0 Å². The van der Waals surface area contributed by atoms with Gasteiger partial charge in [-0.3, -0.25) is 0 Å². The fourth-order valence-corrected chi connectivity index (χ4v) is 2.76. The molecule has 0 amide bonds. The van der Waals surface area contributed by atoms with E-state index in [-0.39, 0.29) is 5.89 Å². The number of halogens is 1. The fourth-order valence-electron chi connectivity index (χ4n) is 2.55. The van der Waals surface area contributed by atoms with Crippen molar-refractivity contribution in [2.24, 2.45) is 0 Å². The van der Waals surface area contributed by atoms with E-state index in [9.17, 15) is 5.11 Å². The van der Waals surface area contributed by atoms with Gasteiger partial charge in [0.1, 0.15) is 12.1 Å². The second-order valence-electron chi connectivity index (χ2n) is 5.90. The molecule has 0 saturated heterocycles. The molecule has 26 heavy (non-hydrogen) atoms. The molecule has 2 unspecified atom stereocenters. The number of benzene rings is 2.